The van der Waals surface area contributed by atoms with Gasteiger partial charge in [-0.1, -0.05) is 23.7 Å². The van der Waals surface area contributed by atoms with Gasteiger partial charge in [0.1, 0.15) is 0 Å². The number of nitrogens with zero attached hydrogens (tertiary/aromatic N) is 1. The van der Waals surface area contributed by atoms with E-state index in [1.807, 2.05) is 0 Å². The SMILES string of the molecule is COc1cc(/C=N\NC(=O)CCNC(=O)c2ccccc2Cl)cc(Br)c1OC. The molecule has 0 radical (unpaired) electrons. The molecule has 2 N–H and O–H groups in total. The molecule has 0 aliphatic rings. The molecule has 0 aliphatic heterocycles. The molecule has 2 aromatic carbocycles. The van der Waals surface area contributed by atoms with Crippen LogP contribution in [0.4, 0.5) is 0 Å². The quantitative estimate of drug-likeness (QED) is 0.459. The Hall–Kier alpha value is -2.58. The minimum Gasteiger partial charge on any atom is -0.493 e. The van der Waals surface area contributed by atoms with Crippen LogP contribution < -0.4 is 20.2 Å². The Labute approximate surface area is 176 Å². The van der Waals surface area contributed by atoms with Crippen molar-refractivity contribution in [2.75, 3.05) is 20.8 Å². The lowest BCUT2D eigenvalue weighted by molar-refractivity contribution is -0.120. The normalized spacial score (nSPS) is 10.6. The molecule has 0 bridgehead atoms. The van der Waals surface area contributed by atoms with Crippen molar-refractivity contribution in [1.82, 2.24) is 10.7 Å². The van der Waals surface area contributed by atoms with E-state index in [0.29, 0.717) is 32.1 Å². The van der Waals surface area contributed by atoms with Gasteiger partial charge in [0.15, 0.2) is 11.5 Å². The summed E-state index contributed by atoms with van der Waals surface area (Å²) in [6.07, 6.45) is 1.55. The van der Waals surface area contributed by atoms with E-state index in [4.69, 9.17) is 21.1 Å². The van der Waals surface area contributed by atoms with Gasteiger partial charge in [-0.05, 0) is 45.8 Å². The fourth-order valence-corrected chi connectivity index (χ4v) is 3.12. The standard InChI is InChI=1S/C19H19BrClN3O4/c1-27-16-10-12(9-14(20)18(16)28-2)11-23-24-17(25)7-8-22-19(26)13-5-3-4-6-15(13)21/h3-6,9-11H,7-8H2,1-2H3,(H,22,26)(H,24,25)/b23-11-. The maximum atomic E-state index is 12.0. The second kappa shape index (κ2) is 10.7. The molecule has 0 saturated carbocycles. The van der Waals surface area contributed by atoms with Crippen molar-refractivity contribution in [2.45, 2.75) is 6.42 Å². The fourth-order valence-electron chi connectivity index (χ4n) is 2.28. The van der Waals surface area contributed by atoms with E-state index in [2.05, 4.69) is 31.8 Å². The highest BCUT2D eigenvalue weighted by atomic mass is 79.9. The Morgan fingerprint density at radius 2 is 1.96 bits per heavy atom. The van der Waals surface area contributed by atoms with Crippen molar-refractivity contribution in [1.29, 1.82) is 0 Å². The summed E-state index contributed by atoms with van der Waals surface area (Å²) in [6, 6.07) is 10.2. The van der Waals surface area contributed by atoms with Crippen LogP contribution in [-0.4, -0.2) is 38.8 Å². The first-order valence-electron chi connectivity index (χ1n) is 8.22. The van der Waals surface area contributed by atoms with Gasteiger partial charge in [0.05, 0.1) is 35.5 Å². The monoisotopic (exact) mass is 467 g/mol. The fraction of sp³-hybridized carbons (Fsp3) is 0.211. The first kappa shape index (κ1) is 21.7. The van der Waals surface area contributed by atoms with Gasteiger partial charge in [0.25, 0.3) is 5.91 Å². The van der Waals surface area contributed by atoms with Crippen LogP contribution in [0.15, 0.2) is 46.0 Å². The lowest BCUT2D eigenvalue weighted by Crippen LogP contribution is -2.29. The number of ether oxygens (including phenoxy) is 2. The van der Waals surface area contributed by atoms with Gasteiger partial charge in [-0.3, -0.25) is 9.59 Å². The number of nitrogens with one attached hydrogen (secondary N) is 2. The Morgan fingerprint density at radius 1 is 1.21 bits per heavy atom. The van der Waals surface area contributed by atoms with Gasteiger partial charge in [0, 0.05) is 13.0 Å². The number of hydrogen-bond acceptors (Lipinski definition) is 5. The van der Waals surface area contributed by atoms with Crippen LogP contribution in [0.1, 0.15) is 22.3 Å². The lowest BCUT2D eigenvalue weighted by Gasteiger charge is -2.10. The van der Waals surface area contributed by atoms with E-state index < -0.39 is 0 Å². The molecular formula is C19H19BrClN3O4. The van der Waals surface area contributed by atoms with Crippen molar-refractivity contribution in [3.8, 4) is 11.5 Å². The highest BCUT2D eigenvalue weighted by Gasteiger charge is 2.11. The summed E-state index contributed by atoms with van der Waals surface area (Å²) in [5.74, 6) is 0.428. The van der Waals surface area contributed by atoms with Crippen molar-refractivity contribution < 1.29 is 19.1 Å². The highest BCUT2D eigenvalue weighted by molar-refractivity contribution is 9.10. The van der Waals surface area contributed by atoms with Gasteiger partial charge in [-0.2, -0.15) is 5.10 Å². The third kappa shape index (κ3) is 5.97. The van der Waals surface area contributed by atoms with Gasteiger partial charge < -0.3 is 14.8 Å². The second-order valence-electron chi connectivity index (χ2n) is 5.52. The number of halogens is 2. The van der Waals surface area contributed by atoms with Gasteiger partial charge in [-0.15, -0.1) is 0 Å². The molecule has 7 nitrogen and oxygen atoms in total. The van der Waals surface area contributed by atoms with Crippen molar-refractivity contribution in [3.63, 3.8) is 0 Å². The number of benzene rings is 2. The van der Waals surface area contributed by atoms with Crippen LogP contribution in [0.2, 0.25) is 5.02 Å². The molecule has 0 saturated heterocycles. The van der Waals surface area contributed by atoms with Gasteiger partial charge in [-0.25, -0.2) is 5.43 Å². The van der Waals surface area contributed by atoms with E-state index in [1.54, 1.807) is 43.5 Å². The van der Waals surface area contributed by atoms with Crippen molar-refractivity contribution in [2.24, 2.45) is 5.10 Å². The highest BCUT2D eigenvalue weighted by Crippen LogP contribution is 2.35. The predicted molar refractivity (Wildman–Crippen MR) is 111 cm³/mol. The summed E-state index contributed by atoms with van der Waals surface area (Å²) in [6.45, 7) is 0.160. The zero-order chi connectivity index (χ0) is 20.5. The number of amides is 2. The zero-order valence-electron chi connectivity index (χ0n) is 15.3. The molecule has 28 heavy (non-hydrogen) atoms. The predicted octanol–water partition coefficient (Wildman–Crippen LogP) is 3.39. The number of rotatable bonds is 8. The molecule has 0 unspecified atom stereocenters. The average molecular weight is 469 g/mol. The molecule has 0 aromatic heterocycles. The topological polar surface area (TPSA) is 89.0 Å². The van der Waals surface area contributed by atoms with Crippen molar-refractivity contribution >= 4 is 45.6 Å². The maximum absolute atomic E-state index is 12.0. The van der Waals surface area contributed by atoms with Crippen LogP contribution in [-0.2, 0) is 4.79 Å². The molecule has 148 valence electrons. The lowest BCUT2D eigenvalue weighted by atomic mass is 10.2. The number of hydrogen-bond donors (Lipinski definition) is 2. The zero-order valence-corrected chi connectivity index (χ0v) is 17.6. The minimum absolute atomic E-state index is 0.0726. The number of methoxy groups -OCH3 is 2. The molecule has 0 fully saturated rings. The van der Waals surface area contributed by atoms with E-state index in [9.17, 15) is 9.59 Å². The van der Waals surface area contributed by atoms with E-state index in [1.165, 1.54) is 13.3 Å². The Balaban J connectivity index is 1.83. The molecular weight excluding hydrogens is 450 g/mol. The smallest absolute Gasteiger partial charge is 0.252 e. The van der Waals surface area contributed by atoms with E-state index in [0.717, 1.165) is 0 Å². The van der Waals surface area contributed by atoms with Crippen LogP contribution in [0.5, 0.6) is 11.5 Å². The summed E-state index contributed by atoms with van der Waals surface area (Å²) < 4.78 is 11.2. The third-order valence-corrected chi connectivity index (χ3v) is 4.53. The van der Waals surface area contributed by atoms with E-state index in [-0.39, 0.29) is 24.8 Å². The minimum atomic E-state index is -0.338. The van der Waals surface area contributed by atoms with Crippen LogP contribution in [0.25, 0.3) is 0 Å². The summed E-state index contributed by atoms with van der Waals surface area (Å²) in [5, 5.41) is 6.91. The van der Waals surface area contributed by atoms with Gasteiger partial charge >= 0.3 is 0 Å². The Bertz CT molecular complexity index is 889. The van der Waals surface area contributed by atoms with Crippen LogP contribution in [0.3, 0.4) is 0 Å². The van der Waals surface area contributed by atoms with E-state index >= 15 is 0 Å². The molecule has 0 atom stereocenters. The second-order valence-corrected chi connectivity index (χ2v) is 6.78. The molecule has 2 aromatic rings. The van der Waals surface area contributed by atoms with Crippen LogP contribution in [0, 0.1) is 0 Å². The Kier molecular flexibility index (Phi) is 8.28. The largest absolute Gasteiger partial charge is 0.493 e. The van der Waals surface area contributed by atoms with Crippen molar-refractivity contribution in [3.05, 3.63) is 57.0 Å². The first-order valence-corrected chi connectivity index (χ1v) is 9.39. The summed E-state index contributed by atoms with van der Waals surface area (Å²) in [4.78, 5) is 23.9. The third-order valence-electron chi connectivity index (χ3n) is 3.61. The molecule has 0 spiro atoms. The summed E-state index contributed by atoms with van der Waals surface area (Å²) in [7, 11) is 3.07. The summed E-state index contributed by atoms with van der Waals surface area (Å²) in [5.41, 5.74) is 3.48. The average Bonchev–Trinajstić information content (AvgIpc) is 2.67. The molecule has 0 heterocycles. The molecule has 0 aliphatic carbocycles. The molecule has 2 amide bonds. The van der Waals surface area contributed by atoms with Crippen LogP contribution >= 0.6 is 27.5 Å². The molecule has 2 rings (SSSR count). The summed E-state index contributed by atoms with van der Waals surface area (Å²) >= 11 is 9.35. The van der Waals surface area contributed by atoms with Gasteiger partial charge in [0.2, 0.25) is 5.91 Å². The Morgan fingerprint density at radius 3 is 2.64 bits per heavy atom. The number of carbonyl (C=O) groups is 2. The number of carbonyl (C=O) groups excluding carboxylic acids is 2. The maximum Gasteiger partial charge on any atom is 0.252 e. The first-order chi connectivity index (χ1) is 13.5. The number of hydrazone groups is 1. The molecule has 9 heteroatoms.